The molecule has 0 saturated carbocycles. The molecule has 0 unspecified atom stereocenters. The highest BCUT2D eigenvalue weighted by molar-refractivity contribution is 7.15. The molecule has 0 atom stereocenters. The predicted molar refractivity (Wildman–Crippen MR) is 145 cm³/mol. The number of aromatic nitrogens is 1. The molecule has 186 valence electrons. The van der Waals surface area contributed by atoms with Crippen molar-refractivity contribution in [3.8, 4) is 10.4 Å². The van der Waals surface area contributed by atoms with Crippen molar-refractivity contribution in [2.75, 3.05) is 45.8 Å². The Morgan fingerprint density at radius 1 is 1.11 bits per heavy atom. The summed E-state index contributed by atoms with van der Waals surface area (Å²) in [7, 11) is 0. The van der Waals surface area contributed by atoms with Crippen LogP contribution in [0.15, 0.2) is 42.1 Å². The fourth-order valence-electron chi connectivity index (χ4n) is 5.17. The zero-order valence-corrected chi connectivity index (χ0v) is 22.0. The quantitative estimate of drug-likeness (QED) is 0.640. The molecule has 35 heavy (non-hydrogen) atoms. The normalized spacial score (nSPS) is 19.0. The van der Waals surface area contributed by atoms with Crippen LogP contribution in [-0.4, -0.2) is 77.6 Å². The van der Waals surface area contributed by atoms with Gasteiger partial charge in [0.25, 0.3) is 0 Å². The number of piperazine rings is 1. The highest BCUT2D eigenvalue weighted by atomic mass is 32.1. The van der Waals surface area contributed by atoms with Crippen molar-refractivity contribution >= 4 is 22.9 Å². The summed E-state index contributed by atoms with van der Waals surface area (Å²) in [6, 6.07) is 7.06. The number of rotatable bonds is 6. The molecular formula is C28H37N5OS. The first kappa shape index (κ1) is 24.2. The van der Waals surface area contributed by atoms with Crippen molar-refractivity contribution in [1.82, 2.24) is 25.0 Å². The van der Waals surface area contributed by atoms with E-state index in [-0.39, 0.29) is 12.1 Å². The molecule has 3 aliphatic rings. The van der Waals surface area contributed by atoms with Gasteiger partial charge in [0, 0.05) is 85.4 Å². The second kappa shape index (κ2) is 10.6. The van der Waals surface area contributed by atoms with E-state index in [0.717, 1.165) is 51.3 Å². The first-order valence-corrected chi connectivity index (χ1v) is 13.8. The van der Waals surface area contributed by atoms with E-state index >= 15 is 0 Å². The average molecular weight is 492 g/mol. The standard InChI is InChI=1S/C28H37N5OS/c1-4-31-13-15-32(16-14-31)19-23-5-8-27(35-23)22-17-25-24(6-7-26(25)29-18-22)21-9-11-33(12-10-21)28(34)30-20(2)3/h5-6,8-9,17-18,20H,4,7,10-16,19H2,1-3H3,(H,30,34). The van der Waals surface area contributed by atoms with Gasteiger partial charge in [-0.2, -0.15) is 0 Å². The number of likely N-dealkylation sites (N-methyl/N-ethyl adjacent to an activating group) is 1. The molecule has 2 aromatic rings. The van der Waals surface area contributed by atoms with Crippen LogP contribution >= 0.6 is 11.3 Å². The van der Waals surface area contributed by atoms with E-state index in [1.165, 1.54) is 45.1 Å². The summed E-state index contributed by atoms with van der Waals surface area (Å²) in [5, 5.41) is 3.00. The molecule has 4 heterocycles. The minimum absolute atomic E-state index is 0.0285. The number of hydrogen-bond donors (Lipinski definition) is 1. The molecule has 2 aliphatic heterocycles. The van der Waals surface area contributed by atoms with E-state index < -0.39 is 0 Å². The van der Waals surface area contributed by atoms with Crippen LogP contribution < -0.4 is 5.32 Å². The zero-order valence-electron chi connectivity index (χ0n) is 21.2. The lowest BCUT2D eigenvalue weighted by Gasteiger charge is -2.33. The third-order valence-electron chi connectivity index (χ3n) is 7.25. The molecule has 1 aliphatic carbocycles. The SMILES string of the molecule is CCN1CCN(Cc2ccc(-c3cnc4c(c3)C(C3=CCN(C(=O)NC(C)C)CC3)=CC4)s2)CC1. The highest BCUT2D eigenvalue weighted by Gasteiger charge is 2.24. The van der Waals surface area contributed by atoms with Crippen molar-refractivity contribution in [2.45, 2.75) is 46.2 Å². The molecule has 7 heteroatoms. The first-order chi connectivity index (χ1) is 17.0. The van der Waals surface area contributed by atoms with Crippen LogP contribution in [0, 0.1) is 0 Å². The Bertz CT molecular complexity index is 1130. The van der Waals surface area contributed by atoms with Gasteiger partial charge in [0.15, 0.2) is 0 Å². The molecule has 1 saturated heterocycles. The summed E-state index contributed by atoms with van der Waals surface area (Å²) >= 11 is 1.90. The van der Waals surface area contributed by atoms with Crippen molar-refractivity contribution in [1.29, 1.82) is 0 Å². The van der Waals surface area contributed by atoms with Gasteiger partial charge in [-0.25, -0.2) is 4.79 Å². The minimum Gasteiger partial charge on any atom is -0.336 e. The smallest absolute Gasteiger partial charge is 0.317 e. The maximum atomic E-state index is 12.3. The Morgan fingerprint density at radius 3 is 2.63 bits per heavy atom. The predicted octanol–water partition coefficient (Wildman–Crippen LogP) is 4.64. The molecule has 1 fully saturated rings. The maximum absolute atomic E-state index is 12.3. The van der Waals surface area contributed by atoms with Gasteiger partial charge in [0.1, 0.15) is 0 Å². The largest absolute Gasteiger partial charge is 0.336 e. The van der Waals surface area contributed by atoms with Gasteiger partial charge >= 0.3 is 6.03 Å². The van der Waals surface area contributed by atoms with Gasteiger partial charge in [-0.3, -0.25) is 9.88 Å². The van der Waals surface area contributed by atoms with Crippen LogP contribution in [0.2, 0.25) is 0 Å². The van der Waals surface area contributed by atoms with Gasteiger partial charge < -0.3 is 15.1 Å². The van der Waals surface area contributed by atoms with Gasteiger partial charge in [-0.1, -0.05) is 19.1 Å². The molecule has 0 radical (unpaired) electrons. The van der Waals surface area contributed by atoms with E-state index in [1.54, 1.807) is 0 Å². The maximum Gasteiger partial charge on any atom is 0.317 e. The van der Waals surface area contributed by atoms with Gasteiger partial charge in [-0.05, 0) is 56.2 Å². The molecule has 2 amide bonds. The Hall–Kier alpha value is -2.48. The number of carbonyl (C=O) groups excluding carboxylic acids is 1. The summed E-state index contributed by atoms with van der Waals surface area (Å²) < 4.78 is 0. The molecule has 2 aromatic heterocycles. The Labute approximate surface area is 213 Å². The van der Waals surface area contributed by atoms with E-state index in [9.17, 15) is 4.79 Å². The molecule has 1 N–H and O–H groups in total. The molecule has 0 bridgehead atoms. The van der Waals surface area contributed by atoms with Crippen LogP contribution in [0.5, 0.6) is 0 Å². The van der Waals surface area contributed by atoms with Crippen molar-refractivity contribution in [3.05, 3.63) is 58.3 Å². The number of fused-ring (bicyclic) bond motifs is 1. The summed E-state index contributed by atoms with van der Waals surface area (Å²) in [5.74, 6) is 0. The summed E-state index contributed by atoms with van der Waals surface area (Å²) in [5.41, 5.74) is 6.28. The number of nitrogens with one attached hydrogen (secondary N) is 1. The number of thiophene rings is 1. The van der Waals surface area contributed by atoms with Crippen molar-refractivity contribution in [2.24, 2.45) is 0 Å². The average Bonchev–Trinajstić information content (AvgIpc) is 3.51. The van der Waals surface area contributed by atoms with Crippen LogP contribution in [-0.2, 0) is 13.0 Å². The molecule has 0 aromatic carbocycles. The number of carbonyl (C=O) groups is 1. The fourth-order valence-corrected chi connectivity index (χ4v) is 6.21. The van der Waals surface area contributed by atoms with Crippen LogP contribution in [0.3, 0.4) is 0 Å². The molecule has 6 nitrogen and oxygen atoms in total. The molecule has 0 spiro atoms. The van der Waals surface area contributed by atoms with Gasteiger partial charge in [0.05, 0.1) is 5.69 Å². The lowest BCUT2D eigenvalue weighted by Crippen LogP contribution is -2.45. The fraction of sp³-hybridized carbons (Fsp3) is 0.500. The number of pyridine rings is 1. The second-order valence-electron chi connectivity index (χ2n) is 10.0. The first-order valence-electron chi connectivity index (χ1n) is 13.0. The summed E-state index contributed by atoms with van der Waals surface area (Å²) in [4.78, 5) is 26.9. The van der Waals surface area contributed by atoms with Crippen molar-refractivity contribution in [3.63, 3.8) is 0 Å². The van der Waals surface area contributed by atoms with Gasteiger partial charge in [-0.15, -0.1) is 11.3 Å². The Kier molecular flexibility index (Phi) is 7.37. The number of nitrogens with zero attached hydrogens (tertiary/aromatic N) is 4. The monoisotopic (exact) mass is 491 g/mol. The van der Waals surface area contributed by atoms with Crippen LogP contribution in [0.25, 0.3) is 16.0 Å². The highest BCUT2D eigenvalue weighted by Crippen LogP contribution is 2.38. The number of allylic oxidation sites excluding steroid dienone is 2. The van der Waals surface area contributed by atoms with Crippen LogP contribution in [0.1, 0.15) is 43.3 Å². The third-order valence-corrected chi connectivity index (χ3v) is 8.37. The molecule has 5 rings (SSSR count). The number of amides is 2. The zero-order chi connectivity index (χ0) is 24.4. The van der Waals surface area contributed by atoms with E-state index in [0.29, 0.717) is 6.54 Å². The van der Waals surface area contributed by atoms with E-state index in [1.807, 2.05) is 36.3 Å². The van der Waals surface area contributed by atoms with E-state index in [2.05, 4.69) is 52.4 Å². The van der Waals surface area contributed by atoms with Crippen LogP contribution in [0.4, 0.5) is 4.79 Å². The lowest BCUT2D eigenvalue weighted by atomic mass is 9.95. The second-order valence-corrected chi connectivity index (χ2v) is 11.2. The topological polar surface area (TPSA) is 51.7 Å². The summed E-state index contributed by atoms with van der Waals surface area (Å²) in [6.45, 7) is 14.5. The van der Waals surface area contributed by atoms with Gasteiger partial charge in [0.2, 0.25) is 0 Å². The summed E-state index contributed by atoms with van der Waals surface area (Å²) in [6.07, 6.45) is 8.35. The minimum atomic E-state index is 0.0285. The number of urea groups is 1. The van der Waals surface area contributed by atoms with E-state index in [4.69, 9.17) is 4.98 Å². The van der Waals surface area contributed by atoms with Crippen molar-refractivity contribution < 1.29 is 4.79 Å². The Balaban J connectivity index is 1.26. The lowest BCUT2D eigenvalue weighted by molar-refractivity contribution is 0.133. The third kappa shape index (κ3) is 5.52. The Morgan fingerprint density at radius 2 is 1.91 bits per heavy atom. The number of hydrogen-bond acceptors (Lipinski definition) is 5. The molecular weight excluding hydrogens is 454 g/mol.